The molecule has 2 atom stereocenters. The van der Waals surface area contributed by atoms with E-state index in [0.29, 0.717) is 0 Å². The Bertz CT molecular complexity index is 1470. The van der Waals surface area contributed by atoms with E-state index in [4.69, 9.17) is 4.74 Å². The number of aromatic amines is 1. The smallest absolute Gasteiger partial charge is 0.235 e. The van der Waals surface area contributed by atoms with Gasteiger partial charge >= 0.3 is 0 Å². The summed E-state index contributed by atoms with van der Waals surface area (Å²) in [6.45, 7) is 0.930. The van der Waals surface area contributed by atoms with E-state index in [-0.39, 0.29) is 11.8 Å². The fraction of sp³-hybridized carbons (Fsp3) is 0.241. The molecule has 6 heteroatoms. The normalized spacial score (nSPS) is 20.7. The summed E-state index contributed by atoms with van der Waals surface area (Å²) < 4.78 is 5.41. The number of hydrogen-bond acceptors (Lipinski definition) is 4. The number of amides is 1. The lowest BCUT2D eigenvalue weighted by Gasteiger charge is -2.10. The summed E-state index contributed by atoms with van der Waals surface area (Å²) in [7, 11) is 5.80. The lowest BCUT2D eigenvalue weighted by molar-refractivity contribution is -0.118. The summed E-state index contributed by atoms with van der Waals surface area (Å²) in [5.41, 5.74) is 6.90. The number of rotatable bonds is 6. The average molecular weight is 465 g/mol. The Morgan fingerprint density at radius 1 is 1.09 bits per heavy atom. The van der Waals surface area contributed by atoms with E-state index in [1.807, 2.05) is 24.3 Å². The molecular formula is C29H28N4O2. The van der Waals surface area contributed by atoms with Crippen LogP contribution >= 0.6 is 0 Å². The number of aromatic nitrogens is 2. The number of nitrogens with one attached hydrogen (secondary N) is 2. The fourth-order valence-corrected chi connectivity index (χ4v) is 5.38. The summed E-state index contributed by atoms with van der Waals surface area (Å²) in [5, 5.41) is 11.8. The van der Waals surface area contributed by atoms with Crippen LogP contribution in [0.1, 0.15) is 40.3 Å². The molecule has 2 heterocycles. The van der Waals surface area contributed by atoms with Gasteiger partial charge in [-0.1, -0.05) is 42.5 Å². The van der Waals surface area contributed by atoms with Crippen LogP contribution in [0.3, 0.4) is 0 Å². The molecule has 176 valence electrons. The molecule has 1 saturated carbocycles. The van der Waals surface area contributed by atoms with Gasteiger partial charge < -0.3 is 15.0 Å². The van der Waals surface area contributed by atoms with Crippen molar-refractivity contribution in [2.45, 2.75) is 24.3 Å². The molecule has 2 aliphatic rings. The van der Waals surface area contributed by atoms with E-state index in [2.05, 4.69) is 83.0 Å². The molecule has 1 aliphatic heterocycles. The van der Waals surface area contributed by atoms with E-state index < -0.39 is 5.41 Å². The summed E-state index contributed by atoms with van der Waals surface area (Å²) >= 11 is 0. The SMILES string of the molecule is COc1ccc2c(c1)C1(C[C@H]1c1ccc3c(/C=C/c4ccc(CN(C)C)cc4)n[nH]c3c1)C(=O)N2. The molecule has 0 saturated heterocycles. The van der Waals surface area contributed by atoms with E-state index in [1.165, 1.54) is 5.56 Å². The number of anilines is 1. The molecule has 3 aromatic carbocycles. The lowest BCUT2D eigenvalue weighted by atomic mass is 9.91. The minimum atomic E-state index is -0.501. The van der Waals surface area contributed by atoms with Crippen LogP contribution < -0.4 is 10.1 Å². The number of fused-ring (bicyclic) bond motifs is 3. The first-order valence-electron chi connectivity index (χ1n) is 11.9. The highest BCUT2D eigenvalue weighted by Crippen LogP contribution is 2.65. The van der Waals surface area contributed by atoms with Crippen LogP contribution in [0, 0.1) is 0 Å². The highest BCUT2D eigenvalue weighted by atomic mass is 16.5. The third kappa shape index (κ3) is 3.61. The molecule has 2 N–H and O–H groups in total. The topological polar surface area (TPSA) is 70.2 Å². The first-order chi connectivity index (χ1) is 17.0. The highest BCUT2D eigenvalue weighted by molar-refractivity contribution is 6.10. The standard InChI is InChI=1S/C29H28N4O2/c1-33(2)17-19-6-4-18(5-7-19)8-12-25-22-11-9-20(14-27(22)32-31-25)24-16-29(24)23-15-21(35-3)10-13-26(23)30-28(29)34/h4-15,24H,16-17H2,1-3H3,(H,30,34)(H,31,32)/b12-8+/t24-,29?/m0/s1. The summed E-state index contributed by atoms with van der Waals surface area (Å²) in [4.78, 5) is 15.1. The number of hydrogen-bond donors (Lipinski definition) is 2. The second-order valence-corrected chi connectivity index (χ2v) is 9.82. The monoisotopic (exact) mass is 464 g/mol. The Morgan fingerprint density at radius 2 is 1.91 bits per heavy atom. The zero-order valence-corrected chi connectivity index (χ0v) is 20.1. The zero-order chi connectivity index (χ0) is 24.2. The molecule has 4 aromatic rings. The molecule has 1 aromatic heterocycles. The maximum Gasteiger partial charge on any atom is 0.235 e. The van der Waals surface area contributed by atoms with Crippen LogP contribution in [0.2, 0.25) is 0 Å². The van der Waals surface area contributed by atoms with Gasteiger partial charge in [-0.2, -0.15) is 5.10 Å². The van der Waals surface area contributed by atoms with Crippen molar-refractivity contribution in [2.24, 2.45) is 0 Å². The first kappa shape index (κ1) is 21.6. The van der Waals surface area contributed by atoms with Gasteiger partial charge in [0, 0.05) is 23.5 Å². The molecule has 1 spiro atoms. The lowest BCUT2D eigenvalue weighted by Crippen LogP contribution is -2.21. The number of H-pyrrole nitrogens is 1. The molecule has 1 aliphatic carbocycles. The quantitative estimate of drug-likeness (QED) is 0.413. The molecular weight excluding hydrogens is 436 g/mol. The molecule has 35 heavy (non-hydrogen) atoms. The Kier molecular flexibility index (Phi) is 5.00. The van der Waals surface area contributed by atoms with Crippen molar-refractivity contribution >= 4 is 34.6 Å². The van der Waals surface area contributed by atoms with Crippen molar-refractivity contribution in [1.82, 2.24) is 15.1 Å². The van der Waals surface area contributed by atoms with Crippen molar-refractivity contribution < 1.29 is 9.53 Å². The molecule has 0 bridgehead atoms. The van der Waals surface area contributed by atoms with Crippen molar-refractivity contribution in [3.8, 4) is 5.75 Å². The number of benzene rings is 3. The Balaban J connectivity index is 1.24. The van der Waals surface area contributed by atoms with Gasteiger partial charge in [0.25, 0.3) is 0 Å². The maximum atomic E-state index is 13.0. The molecule has 1 amide bonds. The minimum absolute atomic E-state index is 0.0793. The number of methoxy groups -OCH3 is 1. The largest absolute Gasteiger partial charge is 0.497 e. The van der Waals surface area contributed by atoms with Gasteiger partial charge in [-0.3, -0.25) is 9.89 Å². The third-order valence-electron chi connectivity index (χ3n) is 7.25. The summed E-state index contributed by atoms with van der Waals surface area (Å²) in [5.74, 6) is 0.997. The van der Waals surface area contributed by atoms with Crippen molar-refractivity contribution in [3.63, 3.8) is 0 Å². The molecule has 0 radical (unpaired) electrons. The van der Waals surface area contributed by atoms with Gasteiger partial charge in [-0.15, -0.1) is 0 Å². The summed E-state index contributed by atoms with van der Waals surface area (Å²) in [6, 6.07) is 20.8. The van der Waals surface area contributed by atoms with Crippen LogP contribution in [0.5, 0.6) is 5.75 Å². The van der Waals surface area contributed by atoms with Gasteiger partial charge in [0.2, 0.25) is 5.91 Å². The predicted octanol–water partition coefficient (Wildman–Crippen LogP) is 5.18. The molecule has 6 rings (SSSR count). The van der Waals surface area contributed by atoms with E-state index >= 15 is 0 Å². The van der Waals surface area contributed by atoms with Crippen LogP contribution in [-0.4, -0.2) is 42.2 Å². The van der Waals surface area contributed by atoms with Gasteiger partial charge in [0.1, 0.15) is 5.75 Å². The first-order valence-corrected chi connectivity index (χ1v) is 11.9. The second-order valence-electron chi connectivity index (χ2n) is 9.82. The van der Waals surface area contributed by atoms with Crippen LogP contribution in [0.25, 0.3) is 23.1 Å². The molecule has 1 fully saturated rings. The van der Waals surface area contributed by atoms with Crippen LogP contribution in [-0.2, 0) is 16.8 Å². The van der Waals surface area contributed by atoms with Crippen LogP contribution in [0.15, 0.2) is 60.7 Å². The number of ether oxygens (including phenoxy) is 1. The number of nitrogens with zero attached hydrogens (tertiary/aromatic N) is 2. The highest BCUT2D eigenvalue weighted by Gasteiger charge is 2.65. The maximum absolute atomic E-state index is 13.0. The van der Waals surface area contributed by atoms with Crippen LogP contribution in [0.4, 0.5) is 5.69 Å². The second kappa shape index (κ2) is 8.10. The van der Waals surface area contributed by atoms with Gasteiger partial charge in [0.05, 0.1) is 23.7 Å². The summed E-state index contributed by atoms with van der Waals surface area (Å²) in [6.07, 6.45) is 4.94. The van der Waals surface area contributed by atoms with Gasteiger partial charge in [-0.25, -0.2) is 0 Å². The van der Waals surface area contributed by atoms with Crippen molar-refractivity contribution in [2.75, 3.05) is 26.5 Å². The Labute approximate surface area is 204 Å². The zero-order valence-electron chi connectivity index (χ0n) is 20.1. The van der Waals surface area contributed by atoms with E-state index in [9.17, 15) is 4.79 Å². The van der Waals surface area contributed by atoms with Crippen molar-refractivity contribution in [1.29, 1.82) is 0 Å². The van der Waals surface area contributed by atoms with E-state index in [0.717, 1.165) is 57.7 Å². The van der Waals surface area contributed by atoms with Crippen molar-refractivity contribution in [3.05, 3.63) is 88.6 Å². The Hall–Kier alpha value is -3.90. The molecule has 6 nitrogen and oxygen atoms in total. The van der Waals surface area contributed by atoms with Gasteiger partial charge in [0.15, 0.2) is 0 Å². The minimum Gasteiger partial charge on any atom is -0.497 e. The average Bonchev–Trinajstić information content (AvgIpc) is 3.40. The fourth-order valence-electron chi connectivity index (χ4n) is 5.38. The predicted molar refractivity (Wildman–Crippen MR) is 140 cm³/mol. The number of carbonyl (C=O) groups excluding carboxylic acids is 1. The van der Waals surface area contributed by atoms with E-state index in [1.54, 1.807) is 7.11 Å². The Morgan fingerprint density at radius 3 is 2.69 bits per heavy atom. The number of carbonyl (C=O) groups is 1. The third-order valence-corrected chi connectivity index (χ3v) is 7.25. The van der Waals surface area contributed by atoms with Gasteiger partial charge in [-0.05, 0) is 73.1 Å². The molecule has 1 unspecified atom stereocenters.